The summed E-state index contributed by atoms with van der Waals surface area (Å²) >= 11 is 0. The Bertz CT molecular complexity index is 402. The van der Waals surface area contributed by atoms with Gasteiger partial charge in [0.2, 0.25) is 5.91 Å². The van der Waals surface area contributed by atoms with Crippen LogP contribution in [0.2, 0.25) is 0 Å². The van der Waals surface area contributed by atoms with Gasteiger partial charge in [-0.2, -0.15) is 0 Å². The molecule has 1 amide bonds. The fourth-order valence-corrected chi connectivity index (χ4v) is 3.47. The standard InChI is InChI=1S/C22H43NO5/c1-4-5-6-7-8-9-10-11-12-13-14-15-16-21(27)22(28-19(3)26)20(17-24)23-18(2)25/h20-22,24,27H,4-17H2,1-3H3,(H,23,25)/t20-,21-,22+/m1/s1. The highest BCUT2D eigenvalue weighted by atomic mass is 16.6. The Labute approximate surface area is 171 Å². The van der Waals surface area contributed by atoms with Gasteiger partial charge in [0.25, 0.3) is 0 Å². The monoisotopic (exact) mass is 401 g/mol. The molecular weight excluding hydrogens is 358 g/mol. The number of aliphatic hydroxyl groups is 2. The number of amides is 1. The molecule has 3 N–H and O–H groups in total. The minimum absolute atomic E-state index is 0.339. The first-order valence-corrected chi connectivity index (χ1v) is 11.2. The molecule has 0 spiro atoms. The van der Waals surface area contributed by atoms with Crippen molar-refractivity contribution in [1.82, 2.24) is 5.32 Å². The zero-order chi connectivity index (χ0) is 21.2. The van der Waals surface area contributed by atoms with Crippen molar-refractivity contribution in [2.75, 3.05) is 6.61 Å². The van der Waals surface area contributed by atoms with E-state index in [1.54, 1.807) is 0 Å². The quantitative estimate of drug-likeness (QED) is 0.239. The number of carbonyl (C=O) groups is 2. The second-order valence-corrected chi connectivity index (χ2v) is 7.81. The molecule has 3 atom stereocenters. The van der Waals surface area contributed by atoms with E-state index >= 15 is 0 Å². The summed E-state index contributed by atoms with van der Waals surface area (Å²) < 4.78 is 5.16. The first-order chi connectivity index (χ1) is 13.4. The van der Waals surface area contributed by atoms with Crippen LogP contribution < -0.4 is 5.32 Å². The molecule has 0 aromatic carbocycles. The lowest BCUT2D eigenvalue weighted by Gasteiger charge is -2.29. The minimum Gasteiger partial charge on any atom is -0.458 e. The predicted molar refractivity (Wildman–Crippen MR) is 112 cm³/mol. The summed E-state index contributed by atoms with van der Waals surface area (Å²) in [5.74, 6) is -0.878. The largest absolute Gasteiger partial charge is 0.458 e. The highest BCUT2D eigenvalue weighted by Crippen LogP contribution is 2.16. The second-order valence-electron chi connectivity index (χ2n) is 7.81. The topological polar surface area (TPSA) is 95.9 Å². The minimum atomic E-state index is -0.931. The van der Waals surface area contributed by atoms with Crippen LogP contribution in [0.5, 0.6) is 0 Å². The van der Waals surface area contributed by atoms with Gasteiger partial charge in [0.15, 0.2) is 0 Å². The second kappa shape index (κ2) is 17.9. The zero-order valence-corrected chi connectivity index (χ0v) is 18.3. The number of rotatable bonds is 18. The lowest BCUT2D eigenvalue weighted by atomic mass is 9.99. The number of unbranched alkanes of at least 4 members (excludes halogenated alkanes) is 11. The molecule has 0 radical (unpaired) electrons. The molecule has 6 nitrogen and oxygen atoms in total. The fourth-order valence-electron chi connectivity index (χ4n) is 3.47. The summed E-state index contributed by atoms with van der Waals surface area (Å²) in [6.45, 7) is 4.42. The van der Waals surface area contributed by atoms with Crippen LogP contribution in [-0.2, 0) is 14.3 Å². The first kappa shape index (κ1) is 26.9. The van der Waals surface area contributed by atoms with Crippen molar-refractivity contribution in [2.24, 2.45) is 0 Å². The molecule has 0 heterocycles. The Kier molecular flexibility index (Phi) is 17.2. The van der Waals surface area contributed by atoms with Crippen LogP contribution in [0.15, 0.2) is 0 Å². The summed E-state index contributed by atoms with van der Waals surface area (Å²) in [6, 6.07) is -0.797. The molecule has 0 saturated carbocycles. The van der Waals surface area contributed by atoms with Gasteiger partial charge in [0.05, 0.1) is 18.8 Å². The van der Waals surface area contributed by atoms with E-state index in [9.17, 15) is 19.8 Å². The van der Waals surface area contributed by atoms with Crippen LogP contribution in [0.1, 0.15) is 104 Å². The van der Waals surface area contributed by atoms with Crippen LogP contribution in [0.25, 0.3) is 0 Å². The highest BCUT2D eigenvalue weighted by molar-refractivity contribution is 5.73. The van der Waals surface area contributed by atoms with Gasteiger partial charge in [-0.15, -0.1) is 0 Å². The van der Waals surface area contributed by atoms with Crippen molar-refractivity contribution in [3.05, 3.63) is 0 Å². The zero-order valence-electron chi connectivity index (χ0n) is 18.3. The molecule has 28 heavy (non-hydrogen) atoms. The van der Waals surface area contributed by atoms with E-state index in [2.05, 4.69) is 12.2 Å². The van der Waals surface area contributed by atoms with Crippen LogP contribution in [0, 0.1) is 0 Å². The van der Waals surface area contributed by atoms with Crippen LogP contribution in [0.3, 0.4) is 0 Å². The van der Waals surface area contributed by atoms with Crippen molar-refractivity contribution < 1.29 is 24.5 Å². The van der Waals surface area contributed by atoms with Gasteiger partial charge in [-0.1, -0.05) is 84.0 Å². The number of hydrogen-bond donors (Lipinski definition) is 3. The third-order valence-corrected chi connectivity index (χ3v) is 5.02. The fraction of sp³-hybridized carbons (Fsp3) is 0.909. The highest BCUT2D eigenvalue weighted by Gasteiger charge is 2.31. The van der Waals surface area contributed by atoms with Crippen molar-refractivity contribution in [2.45, 2.75) is 122 Å². The average Bonchev–Trinajstić information content (AvgIpc) is 2.64. The normalized spacial score (nSPS) is 14.3. The molecule has 0 aliphatic rings. The maximum Gasteiger partial charge on any atom is 0.303 e. The van der Waals surface area contributed by atoms with E-state index in [0.29, 0.717) is 6.42 Å². The number of esters is 1. The molecule has 0 aromatic heterocycles. The summed E-state index contributed by atoms with van der Waals surface area (Å²) in [5.41, 5.74) is 0. The lowest BCUT2D eigenvalue weighted by Crippen LogP contribution is -2.52. The lowest BCUT2D eigenvalue weighted by molar-refractivity contribution is -0.157. The van der Waals surface area contributed by atoms with E-state index in [4.69, 9.17) is 4.74 Å². The third kappa shape index (κ3) is 14.9. The van der Waals surface area contributed by atoms with Crippen LogP contribution in [0.4, 0.5) is 0 Å². The molecule has 0 aromatic rings. The van der Waals surface area contributed by atoms with Crippen molar-refractivity contribution in [3.63, 3.8) is 0 Å². The van der Waals surface area contributed by atoms with Gasteiger partial charge >= 0.3 is 5.97 Å². The summed E-state index contributed by atoms with van der Waals surface area (Å²) in [7, 11) is 0. The number of ether oxygens (including phenoxy) is 1. The Morgan fingerprint density at radius 2 is 1.32 bits per heavy atom. The summed E-state index contributed by atoms with van der Waals surface area (Å²) in [6.07, 6.45) is 13.5. The van der Waals surface area contributed by atoms with Crippen molar-refractivity contribution in [1.29, 1.82) is 0 Å². The molecule has 0 saturated heterocycles. The van der Waals surface area contributed by atoms with Crippen LogP contribution >= 0.6 is 0 Å². The number of nitrogens with one attached hydrogen (secondary N) is 1. The first-order valence-electron chi connectivity index (χ1n) is 11.2. The molecule has 166 valence electrons. The Balaban J connectivity index is 3.94. The maximum absolute atomic E-state index is 11.3. The van der Waals surface area contributed by atoms with E-state index in [-0.39, 0.29) is 5.91 Å². The van der Waals surface area contributed by atoms with E-state index in [1.807, 2.05) is 0 Å². The van der Waals surface area contributed by atoms with Crippen LogP contribution in [-0.4, -0.2) is 46.9 Å². The van der Waals surface area contributed by atoms with Gasteiger partial charge < -0.3 is 20.3 Å². The van der Waals surface area contributed by atoms with E-state index < -0.39 is 30.8 Å². The van der Waals surface area contributed by atoms with Crippen molar-refractivity contribution >= 4 is 11.9 Å². The Morgan fingerprint density at radius 3 is 1.71 bits per heavy atom. The van der Waals surface area contributed by atoms with E-state index in [0.717, 1.165) is 19.3 Å². The number of aliphatic hydroxyl groups excluding tert-OH is 2. The summed E-state index contributed by atoms with van der Waals surface area (Å²) in [5, 5.41) is 22.4. The smallest absolute Gasteiger partial charge is 0.303 e. The molecule has 0 unspecified atom stereocenters. The Hall–Kier alpha value is -1.14. The molecule has 6 heteroatoms. The van der Waals surface area contributed by atoms with Gasteiger partial charge in [-0.3, -0.25) is 9.59 Å². The van der Waals surface area contributed by atoms with Gasteiger partial charge in [0, 0.05) is 13.8 Å². The van der Waals surface area contributed by atoms with Crippen molar-refractivity contribution in [3.8, 4) is 0 Å². The molecule has 0 aliphatic heterocycles. The molecule has 0 fully saturated rings. The predicted octanol–water partition coefficient (Wildman–Crippen LogP) is 3.87. The SMILES string of the molecule is CCCCCCCCCCCCCC[C@@H](O)[C@@H](OC(C)=O)[C@@H](CO)NC(C)=O. The third-order valence-electron chi connectivity index (χ3n) is 5.02. The van der Waals surface area contributed by atoms with Gasteiger partial charge in [-0.25, -0.2) is 0 Å². The Morgan fingerprint density at radius 1 is 0.857 bits per heavy atom. The van der Waals surface area contributed by atoms with Gasteiger partial charge in [0.1, 0.15) is 6.10 Å². The maximum atomic E-state index is 11.3. The van der Waals surface area contributed by atoms with E-state index in [1.165, 1.54) is 71.6 Å². The molecule has 0 aliphatic carbocycles. The summed E-state index contributed by atoms with van der Waals surface area (Å²) in [4.78, 5) is 22.6. The molecule has 0 rings (SSSR count). The molecular formula is C22H43NO5. The van der Waals surface area contributed by atoms with Gasteiger partial charge in [-0.05, 0) is 6.42 Å². The molecule has 0 bridgehead atoms. The number of carbonyl (C=O) groups excluding carboxylic acids is 2. The number of hydrogen-bond acceptors (Lipinski definition) is 5. The average molecular weight is 402 g/mol.